The topological polar surface area (TPSA) is 67.9 Å². The van der Waals surface area contributed by atoms with E-state index in [4.69, 9.17) is 5.26 Å². The van der Waals surface area contributed by atoms with Crippen molar-refractivity contribution in [2.24, 2.45) is 5.92 Å². The van der Waals surface area contributed by atoms with Crippen LogP contribution in [-0.2, 0) is 4.79 Å². The van der Waals surface area contributed by atoms with Crippen LogP contribution in [0.15, 0.2) is 30.3 Å². The number of nitriles is 2. The predicted molar refractivity (Wildman–Crippen MR) is 71.8 cm³/mol. The molecule has 98 valence electrons. The van der Waals surface area contributed by atoms with Gasteiger partial charge in [0.15, 0.2) is 0 Å². The highest BCUT2D eigenvalue weighted by molar-refractivity contribution is 5.86. The molecular weight excluding hydrogens is 238 g/mol. The van der Waals surface area contributed by atoms with E-state index in [1.807, 2.05) is 13.0 Å². The number of amides is 1. The minimum Gasteiger partial charge on any atom is -0.340 e. The molecule has 4 heteroatoms. The van der Waals surface area contributed by atoms with E-state index in [1.54, 1.807) is 36.1 Å². The molecular formula is C15H17N3O. The lowest BCUT2D eigenvalue weighted by Gasteiger charge is -2.24. The molecule has 0 heterocycles. The Hall–Kier alpha value is -2.33. The van der Waals surface area contributed by atoms with Crippen LogP contribution in [0.4, 0.5) is 0 Å². The molecule has 0 N–H and O–H groups in total. The third-order valence-corrected chi connectivity index (χ3v) is 2.92. The van der Waals surface area contributed by atoms with Gasteiger partial charge in [-0.2, -0.15) is 10.5 Å². The van der Waals surface area contributed by atoms with Crippen molar-refractivity contribution in [2.75, 3.05) is 13.1 Å². The molecule has 0 aliphatic heterocycles. The van der Waals surface area contributed by atoms with Crippen molar-refractivity contribution in [2.45, 2.75) is 19.8 Å². The van der Waals surface area contributed by atoms with Gasteiger partial charge in [0.1, 0.15) is 5.92 Å². The zero-order valence-corrected chi connectivity index (χ0v) is 11.2. The van der Waals surface area contributed by atoms with E-state index in [-0.39, 0.29) is 11.8 Å². The first-order valence-electron chi connectivity index (χ1n) is 6.27. The molecule has 2 atom stereocenters. The Balaban J connectivity index is 2.90. The van der Waals surface area contributed by atoms with Crippen molar-refractivity contribution >= 4 is 5.91 Å². The van der Waals surface area contributed by atoms with Crippen LogP contribution in [-0.4, -0.2) is 23.9 Å². The lowest BCUT2D eigenvalue weighted by molar-refractivity contribution is -0.131. The Kier molecular flexibility index (Phi) is 5.57. The van der Waals surface area contributed by atoms with Gasteiger partial charge in [-0.25, -0.2) is 0 Å². The Morgan fingerprint density at radius 2 is 1.89 bits per heavy atom. The van der Waals surface area contributed by atoms with E-state index in [1.165, 1.54) is 0 Å². The van der Waals surface area contributed by atoms with Crippen LogP contribution in [0.2, 0.25) is 0 Å². The zero-order chi connectivity index (χ0) is 14.3. The van der Waals surface area contributed by atoms with Crippen LogP contribution in [0.25, 0.3) is 0 Å². The van der Waals surface area contributed by atoms with Crippen molar-refractivity contribution in [3.8, 4) is 12.1 Å². The summed E-state index contributed by atoms with van der Waals surface area (Å²) in [6, 6.07) is 13.2. The summed E-state index contributed by atoms with van der Waals surface area (Å²) in [4.78, 5) is 13.9. The van der Waals surface area contributed by atoms with Gasteiger partial charge in [-0.1, -0.05) is 30.3 Å². The van der Waals surface area contributed by atoms with E-state index >= 15 is 0 Å². The second kappa shape index (κ2) is 7.18. The molecule has 0 bridgehead atoms. The molecule has 0 aliphatic carbocycles. The highest BCUT2D eigenvalue weighted by atomic mass is 16.2. The minimum absolute atomic E-state index is 0.237. The number of hydrogen-bond acceptors (Lipinski definition) is 3. The first-order valence-corrected chi connectivity index (χ1v) is 6.27. The Morgan fingerprint density at radius 3 is 2.37 bits per heavy atom. The van der Waals surface area contributed by atoms with Gasteiger partial charge in [0.25, 0.3) is 0 Å². The summed E-state index contributed by atoms with van der Waals surface area (Å²) in [5, 5.41) is 18.0. The van der Waals surface area contributed by atoms with Gasteiger partial charge in [0.2, 0.25) is 5.91 Å². The standard InChI is InChI=1S/C15H17N3O/c1-3-18(11-12(2)9-16)15(19)14(10-17)13-7-5-4-6-8-13/h4-8,12,14H,3,11H2,1-2H3. The van der Waals surface area contributed by atoms with Crippen LogP contribution in [0.5, 0.6) is 0 Å². The molecule has 4 nitrogen and oxygen atoms in total. The number of hydrogen-bond donors (Lipinski definition) is 0. The molecule has 1 amide bonds. The van der Waals surface area contributed by atoms with Crippen LogP contribution in [0, 0.1) is 28.6 Å². The van der Waals surface area contributed by atoms with Gasteiger partial charge in [-0.3, -0.25) is 4.79 Å². The maximum Gasteiger partial charge on any atom is 0.244 e. The molecule has 1 aromatic rings. The largest absolute Gasteiger partial charge is 0.340 e. The second-order valence-corrected chi connectivity index (χ2v) is 4.38. The summed E-state index contributed by atoms with van der Waals surface area (Å²) in [6.45, 7) is 4.47. The van der Waals surface area contributed by atoms with Crippen molar-refractivity contribution in [1.82, 2.24) is 4.90 Å². The summed E-state index contributed by atoms with van der Waals surface area (Å²) in [7, 11) is 0. The summed E-state index contributed by atoms with van der Waals surface area (Å²) < 4.78 is 0. The molecule has 0 aliphatic rings. The lowest BCUT2D eigenvalue weighted by atomic mass is 9.98. The molecule has 1 rings (SSSR count). The molecule has 19 heavy (non-hydrogen) atoms. The van der Waals surface area contributed by atoms with Gasteiger partial charge in [0, 0.05) is 13.1 Å². The molecule has 0 radical (unpaired) electrons. The number of benzene rings is 1. The quantitative estimate of drug-likeness (QED) is 0.810. The molecule has 0 spiro atoms. The number of nitrogens with zero attached hydrogens (tertiary/aromatic N) is 3. The zero-order valence-electron chi connectivity index (χ0n) is 11.2. The number of likely N-dealkylation sites (N-methyl/N-ethyl adjacent to an activating group) is 1. The van der Waals surface area contributed by atoms with Crippen molar-refractivity contribution in [3.63, 3.8) is 0 Å². The average Bonchev–Trinajstić information content (AvgIpc) is 2.46. The molecule has 2 unspecified atom stereocenters. The maximum absolute atomic E-state index is 12.4. The third kappa shape index (κ3) is 3.82. The average molecular weight is 255 g/mol. The first-order chi connectivity index (χ1) is 9.13. The molecule has 1 aromatic carbocycles. The number of carbonyl (C=O) groups excluding carboxylic acids is 1. The number of rotatable bonds is 5. The molecule has 0 fully saturated rings. The van der Waals surface area contributed by atoms with Gasteiger partial charge < -0.3 is 4.90 Å². The van der Waals surface area contributed by atoms with Gasteiger partial charge in [0.05, 0.1) is 18.1 Å². The second-order valence-electron chi connectivity index (χ2n) is 4.38. The van der Waals surface area contributed by atoms with Crippen LogP contribution in [0.1, 0.15) is 25.3 Å². The maximum atomic E-state index is 12.4. The highest BCUT2D eigenvalue weighted by Crippen LogP contribution is 2.18. The van der Waals surface area contributed by atoms with Crippen molar-refractivity contribution < 1.29 is 4.79 Å². The van der Waals surface area contributed by atoms with Gasteiger partial charge in [-0.05, 0) is 19.4 Å². The monoisotopic (exact) mass is 255 g/mol. The van der Waals surface area contributed by atoms with Crippen molar-refractivity contribution in [3.05, 3.63) is 35.9 Å². The Bertz CT molecular complexity index is 498. The summed E-state index contributed by atoms with van der Waals surface area (Å²) in [6.07, 6.45) is 0. The number of carbonyl (C=O) groups is 1. The predicted octanol–water partition coefficient (Wildman–Crippen LogP) is 2.30. The van der Waals surface area contributed by atoms with E-state index < -0.39 is 5.92 Å². The third-order valence-electron chi connectivity index (χ3n) is 2.92. The van der Waals surface area contributed by atoms with E-state index in [2.05, 4.69) is 12.1 Å². The lowest BCUT2D eigenvalue weighted by Crippen LogP contribution is -2.37. The smallest absolute Gasteiger partial charge is 0.244 e. The Labute approximate surface area is 113 Å². The summed E-state index contributed by atoms with van der Waals surface area (Å²) in [5.41, 5.74) is 0.693. The van der Waals surface area contributed by atoms with Crippen molar-refractivity contribution in [1.29, 1.82) is 10.5 Å². The minimum atomic E-state index is -0.799. The van der Waals surface area contributed by atoms with Crippen LogP contribution >= 0.6 is 0 Å². The summed E-state index contributed by atoms with van der Waals surface area (Å²) >= 11 is 0. The van der Waals surface area contributed by atoms with E-state index in [9.17, 15) is 10.1 Å². The molecule has 0 saturated heterocycles. The SMILES string of the molecule is CCN(CC(C)C#N)C(=O)C(C#N)c1ccccc1. The summed E-state index contributed by atoms with van der Waals surface area (Å²) in [5.74, 6) is -1.27. The normalized spacial score (nSPS) is 12.8. The molecule has 0 saturated carbocycles. The highest BCUT2D eigenvalue weighted by Gasteiger charge is 2.25. The van der Waals surface area contributed by atoms with Crippen LogP contribution in [0.3, 0.4) is 0 Å². The molecule has 0 aromatic heterocycles. The Morgan fingerprint density at radius 1 is 1.26 bits per heavy atom. The fourth-order valence-electron chi connectivity index (χ4n) is 1.85. The fourth-order valence-corrected chi connectivity index (χ4v) is 1.85. The first kappa shape index (κ1) is 14.7. The fraction of sp³-hybridized carbons (Fsp3) is 0.400. The van der Waals surface area contributed by atoms with E-state index in [0.717, 1.165) is 0 Å². The van der Waals surface area contributed by atoms with Gasteiger partial charge in [-0.15, -0.1) is 0 Å². The van der Waals surface area contributed by atoms with E-state index in [0.29, 0.717) is 18.7 Å². The van der Waals surface area contributed by atoms with Gasteiger partial charge >= 0.3 is 0 Å². The van der Waals surface area contributed by atoms with Crippen LogP contribution < -0.4 is 0 Å².